The van der Waals surface area contributed by atoms with E-state index < -0.39 is 34.5 Å². The van der Waals surface area contributed by atoms with Crippen LogP contribution >= 0.6 is 0 Å². The fourth-order valence-electron chi connectivity index (χ4n) is 2.13. The Balaban J connectivity index is 2.52. The molecule has 1 nitrogen and oxygen atoms in total. The lowest BCUT2D eigenvalue weighted by molar-refractivity contribution is 0.424. The Morgan fingerprint density at radius 3 is 1.94 bits per heavy atom. The first kappa shape index (κ1) is 12.2. The smallest absolute Gasteiger partial charge is 0.197 e. The molecular weight excluding hydrogens is 234 g/mol. The molecule has 0 N–H and O–H groups in total. The van der Waals surface area contributed by atoms with Gasteiger partial charge in [-0.1, -0.05) is 0 Å². The zero-order chi connectivity index (χ0) is 12.6. The van der Waals surface area contributed by atoms with Crippen molar-refractivity contribution in [2.24, 2.45) is 0 Å². The Morgan fingerprint density at radius 1 is 0.765 bits per heavy atom. The zero-order valence-corrected chi connectivity index (χ0v) is 9.49. The van der Waals surface area contributed by atoms with Crippen LogP contribution < -0.4 is 4.90 Å². The van der Waals surface area contributed by atoms with Crippen LogP contribution in [0.25, 0.3) is 0 Å². The third kappa shape index (κ3) is 1.98. The Kier molecular flexibility index (Phi) is 3.26. The third-order valence-corrected chi connectivity index (χ3v) is 3.13. The highest BCUT2D eigenvalue weighted by Gasteiger charge is 2.27. The van der Waals surface area contributed by atoms with Gasteiger partial charge < -0.3 is 4.90 Å². The highest BCUT2D eigenvalue weighted by molar-refractivity contribution is 5.52. The summed E-state index contributed by atoms with van der Waals surface area (Å²) in [5.74, 6) is -5.46. The van der Waals surface area contributed by atoms with Gasteiger partial charge in [0, 0.05) is 18.7 Å². The van der Waals surface area contributed by atoms with Crippen molar-refractivity contribution in [2.75, 3.05) is 18.0 Å². The van der Waals surface area contributed by atoms with E-state index in [1.54, 1.807) is 0 Å². The molecule has 1 aromatic rings. The van der Waals surface area contributed by atoms with E-state index in [9.17, 15) is 17.6 Å². The maximum absolute atomic E-state index is 13.8. The molecule has 1 aromatic carbocycles. The molecule has 0 bridgehead atoms. The molecule has 0 amide bonds. The molecule has 0 unspecified atom stereocenters. The van der Waals surface area contributed by atoms with Crippen molar-refractivity contribution < 1.29 is 17.6 Å². The molecule has 0 spiro atoms. The summed E-state index contributed by atoms with van der Waals surface area (Å²) in [6.45, 7) is 2.05. The van der Waals surface area contributed by atoms with E-state index in [-0.39, 0.29) is 0 Å². The van der Waals surface area contributed by atoms with E-state index >= 15 is 0 Å². The van der Waals surface area contributed by atoms with Crippen molar-refractivity contribution in [1.29, 1.82) is 0 Å². The molecule has 1 fully saturated rings. The normalized spacial score (nSPS) is 16.4. The molecular formula is C12H13F4N. The highest BCUT2D eigenvalue weighted by Crippen LogP contribution is 2.32. The van der Waals surface area contributed by atoms with Gasteiger partial charge in [0.25, 0.3) is 0 Å². The Hall–Kier alpha value is -1.26. The third-order valence-electron chi connectivity index (χ3n) is 3.13. The van der Waals surface area contributed by atoms with E-state index in [0.717, 1.165) is 26.2 Å². The molecule has 1 aliphatic heterocycles. The van der Waals surface area contributed by atoms with Crippen LogP contribution in [0.2, 0.25) is 0 Å². The van der Waals surface area contributed by atoms with E-state index in [0.29, 0.717) is 13.1 Å². The Bertz CT molecular complexity index is 410. The van der Waals surface area contributed by atoms with Gasteiger partial charge in [0.05, 0.1) is 0 Å². The molecule has 0 atom stereocenters. The van der Waals surface area contributed by atoms with Gasteiger partial charge in [-0.05, 0) is 26.2 Å². The maximum atomic E-state index is 13.8. The number of rotatable bonds is 1. The predicted molar refractivity (Wildman–Crippen MR) is 57.1 cm³/mol. The average molecular weight is 247 g/mol. The summed E-state index contributed by atoms with van der Waals surface area (Å²) in [5, 5.41) is 0. The highest BCUT2D eigenvalue weighted by atomic mass is 19.2. The minimum Gasteiger partial charge on any atom is -0.367 e. The molecule has 0 saturated carbocycles. The molecule has 94 valence electrons. The van der Waals surface area contributed by atoms with Crippen molar-refractivity contribution >= 4 is 5.69 Å². The average Bonchev–Trinajstić information content (AvgIpc) is 2.36. The van der Waals surface area contributed by atoms with Gasteiger partial charge >= 0.3 is 0 Å². The van der Waals surface area contributed by atoms with Crippen LogP contribution in [-0.2, 0) is 0 Å². The van der Waals surface area contributed by atoms with Crippen molar-refractivity contribution in [3.8, 4) is 0 Å². The van der Waals surface area contributed by atoms with Gasteiger partial charge in [-0.3, -0.25) is 0 Å². The summed E-state index contributed by atoms with van der Waals surface area (Å²) in [6, 6.07) is 0. The van der Waals surface area contributed by atoms with Crippen molar-refractivity contribution in [3.63, 3.8) is 0 Å². The number of anilines is 1. The van der Waals surface area contributed by atoms with Crippen molar-refractivity contribution in [1.82, 2.24) is 0 Å². The van der Waals surface area contributed by atoms with Gasteiger partial charge in [-0.2, -0.15) is 0 Å². The van der Waals surface area contributed by atoms with Crippen molar-refractivity contribution in [2.45, 2.75) is 26.2 Å². The number of piperidine rings is 1. The first-order valence-electron chi connectivity index (χ1n) is 5.61. The first-order valence-corrected chi connectivity index (χ1v) is 5.61. The Labute approximate surface area is 97.0 Å². The van der Waals surface area contributed by atoms with Crippen LogP contribution in [0.3, 0.4) is 0 Å². The molecule has 17 heavy (non-hydrogen) atoms. The van der Waals surface area contributed by atoms with Gasteiger partial charge in [-0.15, -0.1) is 0 Å². The second-order valence-corrected chi connectivity index (χ2v) is 4.28. The number of nitrogens with zero attached hydrogens (tertiary/aromatic N) is 1. The maximum Gasteiger partial charge on any atom is 0.197 e. The Morgan fingerprint density at radius 2 is 1.35 bits per heavy atom. The standard InChI is InChI=1S/C12H13F4N/c1-7-8(13)10(15)11(16)12(9(7)14)17-5-3-2-4-6-17/h2-6H2,1H3. The van der Waals surface area contributed by atoms with Crippen LogP contribution in [0.5, 0.6) is 0 Å². The number of halogens is 4. The molecule has 1 heterocycles. The summed E-state index contributed by atoms with van der Waals surface area (Å²) in [4.78, 5) is 1.45. The van der Waals surface area contributed by atoms with Crippen molar-refractivity contribution in [3.05, 3.63) is 28.8 Å². The van der Waals surface area contributed by atoms with E-state index in [2.05, 4.69) is 0 Å². The van der Waals surface area contributed by atoms with Crippen LogP contribution in [0.1, 0.15) is 24.8 Å². The van der Waals surface area contributed by atoms with Gasteiger partial charge in [0.1, 0.15) is 5.69 Å². The monoisotopic (exact) mass is 247 g/mol. The summed E-state index contributed by atoms with van der Waals surface area (Å²) in [7, 11) is 0. The van der Waals surface area contributed by atoms with Crippen LogP contribution in [0.15, 0.2) is 0 Å². The quantitative estimate of drug-likeness (QED) is 0.417. The molecule has 1 saturated heterocycles. The minimum absolute atomic E-state index is 0.430. The van der Waals surface area contributed by atoms with Crippen LogP contribution in [0, 0.1) is 30.2 Å². The molecule has 0 aromatic heterocycles. The van der Waals surface area contributed by atoms with Gasteiger partial charge in [0.15, 0.2) is 23.3 Å². The number of benzene rings is 1. The summed E-state index contributed by atoms with van der Waals surface area (Å²) >= 11 is 0. The molecule has 5 heteroatoms. The lowest BCUT2D eigenvalue weighted by Crippen LogP contribution is -2.31. The van der Waals surface area contributed by atoms with E-state index in [4.69, 9.17) is 0 Å². The lowest BCUT2D eigenvalue weighted by Gasteiger charge is -2.29. The fourth-order valence-corrected chi connectivity index (χ4v) is 2.13. The second kappa shape index (κ2) is 4.55. The minimum atomic E-state index is -1.59. The van der Waals surface area contributed by atoms with E-state index in [1.165, 1.54) is 4.90 Å². The van der Waals surface area contributed by atoms with Gasteiger partial charge in [-0.25, -0.2) is 17.6 Å². The van der Waals surface area contributed by atoms with E-state index in [1.807, 2.05) is 0 Å². The summed E-state index contributed by atoms with van der Waals surface area (Å²) in [5.41, 5.74) is -0.898. The van der Waals surface area contributed by atoms with Crippen LogP contribution in [-0.4, -0.2) is 13.1 Å². The molecule has 0 radical (unpaired) electrons. The van der Waals surface area contributed by atoms with Crippen LogP contribution in [0.4, 0.5) is 23.2 Å². The second-order valence-electron chi connectivity index (χ2n) is 4.28. The lowest BCUT2D eigenvalue weighted by atomic mass is 10.1. The number of hydrogen-bond donors (Lipinski definition) is 0. The predicted octanol–water partition coefficient (Wildman–Crippen LogP) is 3.54. The number of hydrogen-bond acceptors (Lipinski definition) is 1. The fraction of sp³-hybridized carbons (Fsp3) is 0.500. The van der Waals surface area contributed by atoms with Gasteiger partial charge in [0.2, 0.25) is 0 Å². The first-order chi connectivity index (χ1) is 8.04. The summed E-state index contributed by atoms with van der Waals surface area (Å²) in [6.07, 6.45) is 2.59. The zero-order valence-electron chi connectivity index (χ0n) is 9.49. The largest absolute Gasteiger partial charge is 0.367 e. The SMILES string of the molecule is Cc1c(F)c(F)c(F)c(N2CCCCC2)c1F. The molecule has 1 aliphatic rings. The molecule has 0 aliphatic carbocycles. The molecule has 2 rings (SSSR count). The summed E-state index contributed by atoms with van der Waals surface area (Å²) < 4.78 is 53.8. The topological polar surface area (TPSA) is 3.24 Å².